The fourth-order valence-electron chi connectivity index (χ4n) is 4.37. The van der Waals surface area contributed by atoms with Crippen molar-refractivity contribution < 1.29 is 14.3 Å². The molecular formula is C27H34N4O3. The summed E-state index contributed by atoms with van der Waals surface area (Å²) in [5, 5.41) is 7.24. The molecule has 0 radical (unpaired) electrons. The Morgan fingerprint density at radius 1 is 1.06 bits per heavy atom. The second-order valence-electron chi connectivity index (χ2n) is 8.90. The number of aromatic nitrogens is 1. The number of fused-ring (bicyclic) bond motifs is 1. The predicted molar refractivity (Wildman–Crippen MR) is 136 cm³/mol. The number of carbonyl (C=O) groups is 1. The zero-order valence-corrected chi connectivity index (χ0v) is 20.3. The molecule has 1 aromatic heterocycles. The van der Waals surface area contributed by atoms with Crippen LogP contribution in [0.2, 0.25) is 0 Å². The molecule has 7 nitrogen and oxygen atoms in total. The SMILES string of the molecule is COc1ccc(Nc2cc(C(=O)NCCCN3CCC(C)CC3)c3ccccc3n2)cc1OC. The van der Waals surface area contributed by atoms with Gasteiger partial charge in [-0.3, -0.25) is 4.79 Å². The van der Waals surface area contributed by atoms with Crippen molar-refractivity contribution in [2.24, 2.45) is 5.92 Å². The number of methoxy groups -OCH3 is 2. The number of anilines is 2. The van der Waals surface area contributed by atoms with E-state index in [0.717, 1.165) is 48.6 Å². The Bertz CT molecular complexity index is 1130. The number of para-hydroxylation sites is 1. The van der Waals surface area contributed by atoms with Crippen molar-refractivity contribution in [1.29, 1.82) is 0 Å². The summed E-state index contributed by atoms with van der Waals surface area (Å²) in [4.78, 5) is 20.3. The molecule has 1 amide bonds. The van der Waals surface area contributed by atoms with Crippen LogP contribution in [0.5, 0.6) is 11.5 Å². The summed E-state index contributed by atoms with van der Waals surface area (Å²) in [6.45, 7) is 6.32. The molecule has 0 atom stereocenters. The average Bonchev–Trinajstić information content (AvgIpc) is 2.87. The summed E-state index contributed by atoms with van der Waals surface area (Å²) in [5.41, 5.74) is 2.17. The Kier molecular flexibility index (Phi) is 7.85. The molecule has 1 fully saturated rings. The molecule has 0 unspecified atom stereocenters. The Morgan fingerprint density at radius 3 is 2.59 bits per heavy atom. The minimum absolute atomic E-state index is 0.0822. The molecule has 0 saturated carbocycles. The summed E-state index contributed by atoms with van der Waals surface area (Å²) in [6.07, 6.45) is 3.48. The minimum Gasteiger partial charge on any atom is -0.493 e. The van der Waals surface area contributed by atoms with E-state index in [2.05, 4.69) is 22.5 Å². The third-order valence-corrected chi connectivity index (χ3v) is 6.43. The van der Waals surface area contributed by atoms with Gasteiger partial charge in [0.2, 0.25) is 0 Å². The lowest BCUT2D eigenvalue weighted by atomic mass is 9.99. The van der Waals surface area contributed by atoms with Crippen LogP contribution >= 0.6 is 0 Å². The first kappa shape index (κ1) is 23.8. The van der Waals surface area contributed by atoms with Crippen LogP contribution in [-0.2, 0) is 0 Å². The van der Waals surface area contributed by atoms with Crippen LogP contribution in [-0.4, -0.2) is 56.2 Å². The number of likely N-dealkylation sites (tertiary alicyclic amines) is 1. The highest BCUT2D eigenvalue weighted by molar-refractivity contribution is 6.07. The molecule has 7 heteroatoms. The first-order valence-electron chi connectivity index (χ1n) is 12.0. The van der Waals surface area contributed by atoms with Crippen LogP contribution in [0, 0.1) is 5.92 Å². The first-order chi connectivity index (χ1) is 16.6. The highest BCUT2D eigenvalue weighted by atomic mass is 16.5. The summed E-state index contributed by atoms with van der Waals surface area (Å²) in [5.74, 6) is 2.62. The number of hydrogen-bond donors (Lipinski definition) is 2. The zero-order chi connectivity index (χ0) is 23.9. The van der Waals surface area contributed by atoms with Gasteiger partial charge in [0.1, 0.15) is 5.82 Å². The van der Waals surface area contributed by atoms with Gasteiger partial charge in [0.15, 0.2) is 11.5 Å². The van der Waals surface area contributed by atoms with Gasteiger partial charge >= 0.3 is 0 Å². The minimum atomic E-state index is -0.0822. The largest absolute Gasteiger partial charge is 0.493 e. The van der Waals surface area contributed by atoms with Gasteiger partial charge in [0.05, 0.1) is 25.3 Å². The van der Waals surface area contributed by atoms with Crippen molar-refractivity contribution >= 4 is 28.3 Å². The normalized spacial score (nSPS) is 14.7. The molecule has 2 heterocycles. The van der Waals surface area contributed by atoms with E-state index in [9.17, 15) is 4.79 Å². The van der Waals surface area contributed by atoms with E-state index in [4.69, 9.17) is 14.5 Å². The zero-order valence-electron chi connectivity index (χ0n) is 20.3. The lowest BCUT2D eigenvalue weighted by molar-refractivity contribution is 0.0952. The fourth-order valence-corrected chi connectivity index (χ4v) is 4.37. The van der Waals surface area contributed by atoms with Crippen LogP contribution in [0.15, 0.2) is 48.5 Å². The number of ether oxygens (including phenoxy) is 2. The van der Waals surface area contributed by atoms with Crippen molar-refractivity contribution in [1.82, 2.24) is 15.2 Å². The molecule has 0 aliphatic carbocycles. The summed E-state index contributed by atoms with van der Waals surface area (Å²) >= 11 is 0. The van der Waals surface area contributed by atoms with E-state index in [1.807, 2.05) is 42.5 Å². The van der Waals surface area contributed by atoms with Gasteiger partial charge in [-0.25, -0.2) is 4.98 Å². The van der Waals surface area contributed by atoms with Gasteiger partial charge in [-0.1, -0.05) is 25.1 Å². The van der Waals surface area contributed by atoms with Gasteiger partial charge in [-0.15, -0.1) is 0 Å². The third kappa shape index (κ3) is 5.78. The number of rotatable bonds is 9. The molecule has 0 bridgehead atoms. The fraction of sp³-hybridized carbons (Fsp3) is 0.407. The summed E-state index contributed by atoms with van der Waals surface area (Å²) in [7, 11) is 3.21. The van der Waals surface area contributed by atoms with Crippen LogP contribution < -0.4 is 20.1 Å². The number of hydrogen-bond acceptors (Lipinski definition) is 6. The Labute approximate surface area is 201 Å². The highest BCUT2D eigenvalue weighted by Crippen LogP contribution is 2.31. The quantitative estimate of drug-likeness (QED) is 0.443. The topological polar surface area (TPSA) is 75.7 Å². The molecule has 2 aromatic carbocycles. The van der Waals surface area contributed by atoms with Gasteiger partial charge < -0.3 is 25.0 Å². The van der Waals surface area contributed by atoms with E-state index in [1.165, 1.54) is 12.8 Å². The van der Waals surface area contributed by atoms with Gasteiger partial charge in [0, 0.05) is 23.7 Å². The van der Waals surface area contributed by atoms with Crippen molar-refractivity contribution in [2.75, 3.05) is 45.7 Å². The summed E-state index contributed by atoms with van der Waals surface area (Å²) in [6, 6.07) is 15.1. The van der Waals surface area contributed by atoms with E-state index >= 15 is 0 Å². The number of benzene rings is 2. The van der Waals surface area contributed by atoms with E-state index in [0.29, 0.717) is 29.4 Å². The lowest BCUT2D eigenvalue weighted by Crippen LogP contribution is -2.35. The lowest BCUT2D eigenvalue weighted by Gasteiger charge is -2.30. The standard InChI is InChI=1S/C27H34N4O3/c1-19-11-15-31(16-12-19)14-6-13-28-27(32)22-18-26(30-23-8-5-4-7-21(22)23)29-20-9-10-24(33-2)25(17-20)34-3/h4-5,7-10,17-19H,6,11-16H2,1-3H3,(H,28,32)(H,29,30). The molecular weight excluding hydrogens is 428 g/mol. The second-order valence-corrected chi connectivity index (χ2v) is 8.90. The van der Waals surface area contributed by atoms with Crippen LogP contribution in [0.3, 0.4) is 0 Å². The maximum atomic E-state index is 13.1. The smallest absolute Gasteiger partial charge is 0.252 e. The Balaban J connectivity index is 1.46. The summed E-state index contributed by atoms with van der Waals surface area (Å²) < 4.78 is 10.7. The van der Waals surface area contributed by atoms with Gasteiger partial charge in [-0.2, -0.15) is 0 Å². The second kappa shape index (κ2) is 11.2. The third-order valence-electron chi connectivity index (χ3n) is 6.43. The van der Waals surface area contributed by atoms with Gasteiger partial charge in [-0.05, 0) is 69.1 Å². The molecule has 1 saturated heterocycles. The number of amides is 1. The molecule has 0 spiro atoms. The van der Waals surface area contributed by atoms with E-state index in [-0.39, 0.29) is 5.91 Å². The molecule has 4 rings (SSSR count). The average molecular weight is 463 g/mol. The van der Waals surface area contributed by atoms with Crippen LogP contribution in [0.4, 0.5) is 11.5 Å². The molecule has 2 N–H and O–H groups in total. The Hall–Kier alpha value is -3.32. The molecule has 1 aliphatic rings. The van der Waals surface area contributed by atoms with Crippen LogP contribution in [0.25, 0.3) is 10.9 Å². The van der Waals surface area contributed by atoms with Crippen molar-refractivity contribution in [3.05, 3.63) is 54.1 Å². The predicted octanol–water partition coefficient (Wildman–Crippen LogP) is 4.85. The molecule has 180 valence electrons. The monoisotopic (exact) mass is 462 g/mol. The number of pyridine rings is 1. The number of nitrogens with zero attached hydrogens (tertiary/aromatic N) is 2. The highest BCUT2D eigenvalue weighted by Gasteiger charge is 2.16. The van der Waals surface area contributed by atoms with Crippen molar-refractivity contribution in [2.45, 2.75) is 26.2 Å². The maximum Gasteiger partial charge on any atom is 0.252 e. The first-order valence-corrected chi connectivity index (χ1v) is 12.0. The van der Waals surface area contributed by atoms with Crippen LogP contribution in [0.1, 0.15) is 36.5 Å². The molecule has 34 heavy (non-hydrogen) atoms. The van der Waals surface area contributed by atoms with Crippen molar-refractivity contribution in [3.63, 3.8) is 0 Å². The van der Waals surface area contributed by atoms with E-state index in [1.54, 1.807) is 20.3 Å². The number of carbonyl (C=O) groups excluding carboxylic acids is 1. The molecule has 3 aromatic rings. The van der Waals surface area contributed by atoms with Gasteiger partial charge in [0.25, 0.3) is 5.91 Å². The maximum absolute atomic E-state index is 13.1. The molecule has 1 aliphatic heterocycles. The number of piperidine rings is 1. The van der Waals surface area contributed by atoms with E-state index < -0.39 is 0 Å². The van der Waals surface area contributed by atoms with Crippen molar-refractivity contribution in [3.8, 4) is 11.5 Å². The Morgan fingerprint density at radius 2 is 1.82 bits per heavy atom. The number of nitrogens with one attached hydrogen (secondary N) is 2.